The maximum atomic E-state index is 13.8. The number of halogens is 1. The first-order valence-corrected chi connectivity index (χ1v) is 7.78. The van der Waals surface area contributed by atoms with Crippen LogP contribution in [0.15, 0.2) is 35.4 Å². The van der Waals surface area contributed by atoms with Crippen LogP contribution in [0.4, 0.5) is 10.2 Å². The van der Waals surface area contributed by atoms with E-state index in [4.69, 9.17) is 10.4 Å². The smallest absolute Gasteiger partial charge is 0.335 e. The molecule has 0 spiro atoms. The second kappa shape index (κ2) is 6.45. The van der Waals surface area contributed by atoms with E-state index < -0.39 is 26.7 Å². The van der Waals surface area contributed by atoms with Gasteiger partial charge in [-0.25, -0.2) is 17.6 Å². The van der Waals surface area contributed by atoms with E-state index in [1.165, 1.54) is 16.9 Å². The van der Waals surface area contributed by atoms with Crippen LogP contribution in [0.3, 0.4) is 0 Å². The Balaban J connectivity index is 2.24. The van der Waals surface area contributed by atoms with Gasteiger partial charge in [0.25, 0.3) is 10.0 Å². The van der Waals surface area contributed by atoms with Gasteiger partial charge in [0.1, 0.15) is 10.7 Å². The van der Waals surface area contributed by atoms with Gasteiger partial charge in [0, 0.05) is 12.3 Å². The van der Waals surface area contributed by atoms with Gasteiger partial charge in [0.15, 0.2) is 5.82 Å². The Morgan fingerprint density at radius 2 is 2.17 bits per heavy atom. The first-order chi connectivity index (χ1) is 10.8. The molecule has 2 rings (SSSR count). The number of carbonyl (C=O) groups is 1. The molecule has 0 aliphatic heterocycles. The third-order valence-electron chi connectivity index (χ3n) is 2.80. The van der Waals surface area contributed by atoms with Crippen LogP contribution in [0, 0.1) is 17.1 Å². The third kappa shape index (κ3) is 3.83. The van der Waals surface area contributed by atoms with Crippen molar-refractivity contribution in [3.63, 3.8) is 0 Å². The number of benzene rings is 1. The van der Waals surface area contributed by atoms with Crippen molar-refractivity contribution in [2.24, 2.45) is 0 Å². The molecule has 0 saturated heterocycles. The Hall–Kier alpha value is -2.93. The molecular formula is C13H11FN4O4S. The van der Waals surface area contributed by atoms with E-state index in [9.17, 15) is 17.6 Å². The van der Waals surface area contributed by atoms with Gasteiger partial charge < -0.3 is 5.11 Å². The van der Waals surface area contributed by atoms with Crippen LogP contribution in [-0.2, 0) is 16.6 Å². The average molecular weight is 338 g/mol. The number of sulfonamides is 1. The van der Waals surface area contributed by atoms with Gasteiger partial charge in [-0.3, -0.25) is 9.40 Å². The molecule has 1 aromatic carbocycles. The summed E-state index contributed by atoms with van der Waals surface area (Å²) in [6.45, 7) is 0.292. The predicted octanol–water partition coefficient (Wildman–Crippen LogP) is 1.43. The second-order valence-corrected chi connectivity index (χ2v) is 6.08. The van der Waals surface area contributed by atoms with Crippen LogP contribution < -0.4 is 4.72 Å². The zero-order valence-corrected chi connectivity index (χ0v) is 12.4. The second-order valence-electron chi connectivity index (χ2n) is 4.43. The number of carboxylic acid groups (broad SMARTS) is 1. The number of rotatable bonds is 6. The minimum Gasteiger partial charge on any atom is -0.478 e. The van der Waals surface area contributed by atoms with Crippen LogP contribution >= 0.6 is 0 Å². The number of hydrogen-bond donors (Lipinski definition) is 2. The lowest BCUT2D eigenvalue weighted by Crippen LogP contribution is -2.16. The molecule has 1 aromatic heterocycles. The fourth-order valence-electron chi connectivity index (χ4n) is 1.75. The van der Waals surface area contributed by atoms with Crippen molar-refractivity contribution in [3.05, 3.63) is 41.8 Å². The Bertz CT molecular complexity index is 886. The largest absolute Gasteiger partial charge is 0.478 e. The summed E-state index contributed by atoms with van der Waals surface area (Å²) < 4.78 is 41.5. The fourth-order valence-corrected chi connectivity index (χ4v) is 2.81. The SMILES string of the molecule is N#CCCn1ccc(NS(=O)(=O)c2ccc(C(=O)O)cc2F)n1. The highest BCUT2D eigenvalue weighted by atomic mass is 32.2. The highest BCUT2D eigenvalue weighted by Crippen LogP contribution is 2.19. The Kier molecular flexibility index (Phi) is 4.61. The van der Waals surface area contributed by atoms with E-state index >= 15 is 0 Å². The Morgan fingerprint density at radius 1 is 1.43 bits per heavy atom. The molecule has 0 bridgehead atoms. The van der Waals surface area contributed by atoms with Gasteiger partial charge in [-0.1, -0.05) is 0 Å². The Labute approximate surface area is 130 Å². The summed E-state index contributed by atoms with van der Waals surface area (Å²) in [5.41, 5.74) is -0.359. The maximum absolute atomic E-state index is 13.8. The van der Waals surface area contributed by atoms with Crippen LogP contribution in [0.2, 0.25) is 0 Å². The number of nitrogens with one attached hydrogen (secondary N) is 1. The molecule has 0 radical (unpaired) electrons. The monoisotopic (exact) mass is 338 g/mol. The van der Waals surface area contributed by atoms with E-state index in [1.807, 2.05) is 6.07 Å². The normalized spacial score (nSPS) is 11.0. The highest BCUT2D eigenvalue weighted by Gasteiger charge is 2.21. The van der Waals surface area contributed by atoms with Gasteiger partial charge in [-0.15, -0.1) is 0 Å². The number of anilines is 1. The van der Waals surface area contributed by atoms with Crippen LogP contribution in [0.1, 0.15) is 16.8 Å². The summed E-state index contributed by atoms with van der Waals surface area (Å²) in [5.74, 6) is -2.58. The molecule has 8 nitrogen and oxygen atoms in total. The van der Waals surface area contributed by atoms with E-state index in [-0.39, 0.29) is 17.8 Å². The molecule has 120 valence electrons. The molecule has 2 aromatic rings. The van der Waals surface area contributed by atoms with Crippen molar-refractivity contribution >= 4 is 21.8 Å². The summed E-state index contributed by atoms with van der Waals surface area (Å²) >= 11 is 0. The Morgan fingerprint density at radius 3 is 2.78 bits per heavy atom. The molecule has 10 heteroatoms. The minimum atomic E-state index is -4.25. The molecule has 23 heavy (non-hydrogen) atoms. The van der Waals surface area contributed by atoms with Gasteiger partial charge in [-0.2, -0.15) is 10.4 Å². The van der Waals surface area contributed by atoms with Crippen molar-refractivity contribution in [2.45, 2.75) is 17.9 Å². The van der Waals surface area contributed by atoms with Crippen LogP contribution in [0.25, 0.3) is 0 Å². The van der Waals surface area contributed by atoms with Gasteiger partial charge >= 0.3 is 5.97 Å². The lowest BCUT2D eigenvalue weighted by atomic mass is 10.2. The third-order valence-corrected chi connectivity index (χ3v) is 4.19. The summed E-state index contributed by atoms with van der Waals surface area (Å²) in [4.78, 5) is 10.0. The number of aryl methyl sites for hydroxylation is 1. The summed E-state index contributed by atoms with van der Waals surface area (Å²) in [6, 6.07) is 5.77. The standard InChI is InChI=1S/C13H11FN4O4S/c14-10-8-9(13(19)20)2-3-11(10)23(21,22)17-12-4-7-18(16-12)6-1-5-15/h2-4,7-8H,1,6H2,(H,16,17)(H,19,20). The maximum Gasteiger partial charge on any atom is 0.335 e. The van der Waals surface area contributed by atoms with Gasteiger partial charge in [0.2, 0.25) is 0 Å². The number of hydrogen-bond acceptors (Lipinski definition) is 5. The predicted molar refractivity (Wildman–Crippen MR) is 76.6 cm³/mol. The minimum absolute atomic E-state index is 0.0374. The fraction of sp³-hybridized carbons (Fsp3) is 0.154. The molecule has 1 heterocycles. The highest BCUT2D eigenvalue weighted by molar-refractivity contribution is 7.92. The molecule has 0 atom stereocenters. The topological polar surface area (TPSA) is 125 Å². The number of carboxylic acids is 1. The van der Waals surface area contributed by atoms with Gasteiger partial charge in [-0.05, 0) is 18.2 Å². The zero-order valence-electron chi connectivity index (χ0n) is 11.6. The molecule has 0 saturated carbocycles. The van der Waals surface area contributed by atoms with Crippen molar-refractivity contribution in [1.82, 2.24) is 9.78 Å². The zero-order chi connectivity index (χ0) is 17.0. The van der Waals surface area contributed by atoms with E-state index in [0.29, 0.717) is 12.6 Å². The van der Waals surface area contributed by atoms with Crippen LogP contribution in [-0.4, -0.2) is 29.3 Å². The van der Waals surface area contributed by atoms with E-state index in [0.717, 1.165) is 12.1 Å². The van der Waals surface area contributed by atoms with Gasteiger partial charge in [0.05, 0.1) is 24.6 Å². The molecule has 0 amide bonds. The number of nitriles is 1. The lowest BCUT2D eigenvalue weighted by molar-refractivity contribution is 0.0696. The molecule has 0 aliphatic carbocycles. The number of nitrogens with zero attached hydrogens (tertiary/aromatic N) is 3. The summed E-state index contributed by atoms with van der Waals surface area (Å²) in [6.07, 6.45) is 1.68. The number of aromatic nitrogens is 2. The number of aromatic carboxylic acids is 1. The summed E-state index contributed by atoms with van der Waals surface area (Å²) in [7, 11) is -4.25. The van der Waals surface area contributed by atoms with Crippen molar-refractivity contribution in [2.75, 3.05) is 4.72 Å². The molecule has 2 N–H and O–H groups in total. The van der Waals surface area contributed by atoms with E-state index in [1.54, 1.807) is 0 Å². The molecule has 0 aliphatic rings. The van der Waals surface area contributed by atoms with E-state index in [2.05, 4.69) is 9.82 Å². The molecule has 0 unspecified atom stereocenters. The lowest BCUT2D eigenvalue weighted by Gasteiger charge is -2.07. The first-order valence-electron chi connectivity index (χ1n) is 6.29. The quantitative estimate of drug-likeness (QED) is 0.821. The average Bonchev–Trinajstić information content (AvgIpc) is 2.91. The van der Waals surface area contributed by atoms with Crippen molar-refractivity contribution in [1.29, 1.82) is 5.26 Å². The molecular weight excluding hydrogens is 327 g/mol. The first kappa shape index (κ1) is 16.4. The van der Waals surface area contributed by atoms with Crippen LogP contribution in [0.5, 0.6) is 0 Å². The van der Waals surface area contributed by atoms with Crippen molar-refractivity contribution in [3.8, 4) is 6.07 Å². The summed E-state index contributed by atoms with van der Waals surface area (Å²) in [5, 5.41) is 21.1. The molecule has 0 fully saturated rings. The van der Waals surface area contributed by atoms with Crippen molar-refractivity contribution < 1.29 is 22.7 Å².